The summed E-state index contributed by atoms with van der Waals surface area (Å²) in [5.74, 6) is -0.365. The Bertz CT molecular complexity index is 766. The Morgan fingerprint density at radius 3 is 2.76 bits per heavy atom. The second kappa shape index (κ2) is 8.46. The van der Waals surface area contributed by atoms with E-state index in [9.17, 15) is 9.18 Å². The van der Waals surface area contributed by atoms with Crippen molar-refractivity contribution >= 4 is 12.1 Å². The predicted octanol–water partition coefficient (Wildman–Crippen LogP) is 3.43. The van der Waals surface area contributed by atoms with Crippen LogP contribution in [0.25, 0.3) is 0 Å². The molecule has 0 spiro atoms. The molecule has 0 saturated carbocycles. The molecular formula is C19H24FN3O2. The minimum atomic E-state index is -0.503. The van der Waals surface area contributed by atoms with Gasteiger partial charge in [0.05, 0.1) is 6.21 Å². The zero-order valence-electron chi connectivity index (χ0n) is 15.0. The number of halogens is 1. The van der Waals surface area contributed by atoms with Crippen molar-refractivity contribution in [1.82, 2.24) is 9.99 Å². The monoisotopic (exact) mass is 345 g/mol. The zero-order chi connectivity index (χ0) is 18.4. The number of carbonyl (C=O) groups is 1. The van der Waals surface area contributed by atoms with E-state index in [2.05, 4.69) is 28.9 Å². The molecule has 6 heteroatoms. The first-order valence-corrected chi connectivity index (χ1v) is 8.24. The lowest BCUT2D eigenvalue weighted by Gasteiger charge is -2.11. The van der Waals surface area contributed by atoms with Crippen LogP contribution in [0, 0.1) is 25.6 Å². The SMILES string of the molecule is Cc1cc(C=NNC(=O)COc2ccccc2F)c(C)n1CC(C)C. The van der Waals surface area contributed by atoms with Crippen molar-refractivity contribution in [3.8, 4) is 5.75 Å². The van der Waals surface area contributed by atoms with Crippen LogP contribution in [0.2, 0.25) is 0 Å². The Kier molecular flexibility index (Phi) is 6.33. The summed E-state index contributed by atoms with van der Waals surface area (Å²) in [4.78, 5) is 11.7. The molecule has 1 amide bonds. The first-order chi connectivity index (χ1) is 11.9. The van der Waals surface area contributed by atoms with Gasteiger partial charge in [-0.25, -0.2) is 9.82 Å². The molecule has 1 aromatic carbocycles. The van der Waals surface area contributed by atoms with Crippen molar-refractivity contribution in [3.05, 3.63) is 53.1 Å². The highest BCUT2D eigenvalue weighted by Gasteiger charge is 2.09. The van der Waals surface area contributed by atoms with Gasteiger partial charge in [0.25, 0.3) is 5.91 Å². The van der Waals surface area contributed by atoms with Gasteiger partial charge in [0.15, 0.2) is 18.2 Å². The second-order valence-corrected chi connectivity index (χ2v) is 6.34. The second-order valence-electron chi connectivity index (χ2n) is 6.34. The Morgan fingerprint density at radius 1 is 1.36 bits per heavy atom. The zero-order valence-corrected chi connectivity index (χ0v) is 15.0. The molecule has 0 aliphatic rings. The molecule has 0 aliphatic heterocycles. The summed E-state index contributed by atoms with van der Waals surface area (Å²) in [7, 11) is 0. The summed E-state index contributed by atoms with van der Waals surface area (Å²) in [6.45, 7) is 9.05. The van der Waals surface area contributed by atoms with Crippen LogP contribution in [-0.4, -0.2) is 23.3 Å². The lowest BCUT2D eigenvalue weighted by molar-refractivity contribution is -0.123. The normalized spacial score (nSPS) is 11.3. The smallest absolute Gasteiger partial charge is 0.277 e. The number of hydrazone groups is 1. The van der Waals surface area contributed by atoms with E-state index in [1.807, 2.05) is 19.9 Å². The molecule has 0 fully saturated rings. The van der Waals surface area contributed by atoms with E-state index in [0.717, 1.165) is 23.5 Å². The molecule has 2 rings (SSSR count). The highest BCUT2D eigenvalue weighted by atomic mass is 19.1. The van der Waals surface area contributed by atoms with E-state index in [0.29, 0.717) is 5.92 Å². The van der Waals surface area contributed by atoms with Gasteiger partial charge >= 0.3 is 0 Å². The Hall–Kier alpha value is -2.63. The fourth-order valence-electron chi connectivity index (χ4n) is 2.52. The van der Waals surface area contributed by atoms with Gasteiger partial charge in [-0.3, -0.25) is 4.79 Å². The van der Waals surface area contributed by atoms with Gasteiger partial charge in [-0.05, 0) is 38.0 Å². The van der Waals surface area contributed by atoms with Crippen LogP contribution in [0.1, 0.15) is 30.8 Å². The number of rotatable bonds is 7. The number of benzene rings is 1. The lowest BCUT2D eigenvalue weighted by atomic mass is 10.2. The van der Waals surface area contributed by atoms with Crippen LogP contribution >= 0.6 is 0 Å². The molecule has 5 nitrogen and oxygen atoms in total. The fraction of sp³-hybridized carbons (Fsp3) is 0.368. The Morgan fingerprint density at radius 2 is 2.08 bits per heavy atom. The van der Waals surface area contributed by atoms with Crippen LogP contribution in [0.5, 0.6) is 5.75 Å². The van der Waals surface area contributed by atoms with Crippen molar-refractivity contribution in [2.24, 2.45) is 11.0 Å². The van der Waals surface area contributed by atoms with Crippen molar-refractivity contribution in [1.29, 1.82) is 0 Å². The van der Waals surface area contributed by atoms with Crippen LogP contribution < -0.4 is 10.2 Å². The van der Waals surface area contributed by atoms with E-state index in [-0.39, 0.29) is 12.4 Å². The van der Waals surface area contributed by atoms with Gasteiger partial charge in [0.1, 0.15) is 0 Å². The molecule has 0 radical (unpaired) electrons. The molecule has 0 saturated heterocycles. The molecule has 0 unspecified atom stereocenters. The average molecular weight is 345 g/mol. The van der Waals surface area contributed by atoms with Crippen LogP contribution in [0.3, 0.4) is 0 Å². The van der Waals surface area contributed by atoms with E-state index in [4.69, 9.17) is 4.74 Å². The maximum absolute atomic E-state index is 13.4. The van der Waals surface area contributed by atoms with Crippen molar-refractivity contribution in [2.75, 3.05) is 6.61 Å². The number of aromatic nitrogens is 1. The number of nitrogens with zero attached hydrogens (tertiary/aromatic N) is 2. The standard InChI is InChI=1S/C19H24FN3O2/c1-13(2)11-23-14(3)9-16(15(23)4)10-21-22-19(24)12-25-18-8-6-5-7-17(18)20/h5-10,13H,11-12H2,1-4H3,(H,22,24). The fourth-order valence-corrected chi connectivity index (χ4v) is 2.52. The maximum atomic E-state index is 13.4. The van der Waals surface area contributed by atoms with Crippen LogP contribution in [0.4, 0.5) is 4.39 Å². The molecular weight excluding hydrogens is 321 g/mol. The van der Waals surface area contributed by atoms with Crippen molar-refractivity contribution < 1.29 is 13.9 Å². The molecule has 1 N–H and O–H groups in total. The van der Waals surface area contributed by atoms with Crippen molar-refractivity contribution in [3.63, 3.8) is 0 Å². The largest absolute Gasteiger partial charge is 0.481 e. The molecule has 134 valence electrons. The molecule has 0 atom stereocenters. The number of aryl methyl sites for hydroxylation is 1. The third-order valence-corrected chi connectivity index (χ3v) is 3.75. The number of amides is 1. The number of ether oxygens (including phenoxy) is 1. The number of nitrogens with one attached hydrogen (secondary N) is 1. The number of carbonyl (C=O) groups excluding carboxylic acids is 1. The van der Waals surface area contributed by atoms with E-state index in [1.165, 1.54) is 12.1 Å². The van der Waals surface area contributed by atoms with Crippen LogP contribution in [-0.2, 0) is 11.3 Å². The molecule has 0 bridgehead atoms. The first kappa shape index (κ1) is 18.7. The number of hydrogen-bond donors (Lipinski definition) is 1. The average Bonchev–Trinajstić information content (AvgIpc) is 2.81. The summed E-state index contributed by atoms with van der Waals surface area (Å²) < 4.78 is 20.8. The van der Waals surface area contributed by atoms with Crippen LogP contribution in [0.15, 0.2) is 35.4 Å². The summed E-state index contributed by atoms with van der Waals surface area (Å²) in [6, 6.07) is 7.97. The number of para-hydroxylation sites is 1. The minimum Gasteiger partial charge on any atom is -0.481 e. The third kappa shape index (κ3) is 5.17. The van der Waals surface area contributed by atoms with E-state index >= 15 is 0 Å². The third-order valence-electron chi connectivity index (χ3n) is 3.75. The molecule has 0 aliphatic carbocycles. The van der Waals surface area contributed by atoms with Gasteiger partial charge in [0.2, 0.25) is 0 Å². The first-order valence-electron chi connectivity index (χ1n) is 8.24. The molecule has 1 heterocycles. The molecule has 25 heavy (non-hydrogen) atoms. The number of hydrogen-bond acceptors (Lipinski definition) is 3. The topological polar surface area (TPSA) is 55.6 Å². The van der Waals surface area contributed by atoms with Gasteiger partial charge < -0.3 is 9.30 Å². The molecule has 1 aromatic heterocycles. The van der Waals surface area contributed by atoms with Gasteiger partial charge in [-0.15, -0.1) is 0 Å². The predicted molar refractivity (Wildman–Crippen MR) is 96.4 cm³/mol. The highest BCUT2D eigenvalue weighted by molar-refractivity contribution is 5.84. The summed E-state index contributed by atoms with van der Waals surface area (Å²) in [5.41, 5.74) is 5.60. The quantitative estimate of drug-likeness (QED) is 0.617. The van der Waals surface area contributed by atoms with Gasteiger partial charge in [-0.1, -0.05) is 26.0 Å². The highest BCUT2D eigenvalue weighted by Crippen LogP contribution is 2.16. The maximum Gasteiger partial charge on any atom is 0.277 e. The minimum absolute atomic E-state index is 0.0406. The van der Waals surface area contributed by atoms with Gasteiger partial charge in [0, 0.05) is 23.5 Å². The summed E-state index contributed by atoms with van der Waals surface area (Å²) in [6.07, 6.45) is 1.61. The summed E-state index contributed by atoms with van der Waals surface area (Å²) in [5, 5.41) is 3.96. The molecule has 2 aromatic rings. The van der Waals surface area contributed by atoms with Crippen molar-refractivity contribution in [2.45, 2.75) is 34.2 Å². The van der Waals surface area contributed by atoms with E-state index in [1.54, 1.807) is 18.3 Å². The summed E-state index contributed by atoms with van der Waals surface area (Å²) >= 11 is 0. The Labute approximate surface area is 147 Å². The van der Waals surface area contributed by atoms with E-state index < -0.39 is 11.7 Å². The Balaban J connectivity index is 1.90. The van der Waals surface area contributed by atoms with Gasteiger partial charge in [-0.2, -0.15) is 5.10 Å². The lowest BCUT2D eigenvalue weighted by Crippen LogP contribution is -2.24.